The Hall–Kier alpha value is -4.32. The largest absolute Gasteiger partial charge is 0.338 e. The Morgan fingerprint density at radius 3 is 2.32 bits per heavy atom. The Labute approximate surface area is 191 Å². The molecule has 0 aliphatic carbocycles. The standard InChI is InChI=1S/C22H16F2N4O5S/c23-19-7-6-18(12-20(19)24)34(32,33)26-16-3-1-15(2-4-16)25-22(29)13-27-10-9-14-11-17(28(30)31)5-8-21(14)27/h1-12,26H,13H2,(H,25,29). The molecule has 0 atom stereocenters. The van der Waals surface area contributed by atoms with Gasteiger partial charge in [-0.15, -0.1) is 0 Å². The molecule has 1 aromatic heterocycles. The van der Waals surface area contributed by atoms with Crippen molar-refractivity contribution < 1.29 is 26.9 Å². The molecule has 9 nitrogen and oxygen atoms in total. The summed E-state index contributed by atoms with van der Waals surface area (Å²) in [6.07, 6.45) is 1.64. The van der Waals surface area contributed by atoms with Crippen LogP contribution in [0, 0.1) is 21.7 Å². The van der Waals surface area contributed by atoms with E-state index in [4.69, 9.17) is 0 Å². The van der Waals surface area contributed by atoms with E-state index < -0.39 is 31.5 Å². The molecule has 0 saturated carbocycles. The molecular formula is C22H16F2N4O5S. The third-order valence-electron chi connectivity index (χ3n) is 4.90. The summed E-state index contributed by atoms with van der Waals surface area (Å²) in [5.41, 5.74) is 1.16. The van der Waals surface area contributed by atoms with Gasteiger partial charge in [0.15, 0.2) is 11.6 Å². The summed E-state index contributed by atoms with van der Waals surface area (Å²) in [4.78, 5) is 22.4. The van der Waals surface area contributed by atoms with Gasteiger partial charge in [-0.25, -0.2) is 17.2 Å². The van der Waals surface area contributed by atoms with Crippen molar-refractivity contribution in [2.75, 3.05) is 10.0 Å². The van der Waals surface area contributed by atoms with Crippen LogP contribution in [0.15, 0.2) is 77.8 Å². The first-order valence-electron chi connectivity index (χ1n) is 9.73. The maximum absolute atomic E-state index is 13.4. The number of benzene rings is 3. The number of anilines is 2. The van der Waals surface area contributed by atoms with Crippen LogP contribution < -0.4 is 10.0 Å². The molecule has 12 heteroatoms. The van der Waals surface area contributed by atoms with Gasteiger partial charge in [-0.2, -0.15) is 0 Å². The quantitative estimate of drug-likeness (QED) is 0.298. The van der Waals surface area contributed by atoms with Crippen LogP contribution in [0.2, 0.25) is 0 Å². The highest BCUT2D eigenvalue weighted by molar-refractivity contribution is 7.92. The van der Waals surface area contributed by atoms with Gasteiger partial charge < -0.3 is 9.88 Å². The number of nitrogens with zero attached hydrogens (tertiary/aromatic N) is 2. The maximum atomic E-state index is 13.4. The molecule has 0 unspecified atom stereocenters. The van der Waals surface area contributed by atoms with E-state index in [0.29, 0.717) is 22.7 Å². The molecule has 0 saturated heterocycles. The Kier molecular flexibility index (Phi) is 5.99. The zero-order valence-corrected chi connectivity index (χ0v) is 18.1. The first kappa shape index (κ1) is 22.9. The van der Waals surface area contributed by atoms with Crippen LogP contribution in [0.1, 0.15) is 0 Å². The molecule has 174 valence electrons. The number of non-ortho nitro benzene ring substituents is 1. The fraction of sp³-hybridized carbons (Fsp3) is 0.0455. The highest BCUT2D eigenvalue weighted by Gasteiger charge is 2.17. The SMILES string of the molecule is O=C(Cn1ccc2cc([N+](=O)[O-])ccc21)Nc1ccc(NS(=O)(=O)c2ccc(F)c(F)c2)cc1. The van der Waals surface area contributed by atoms with Gasteiger partial charge in [-0.1, -0.05) is 0 Å². The fourth-order valence-electron chi connectivity index (χ4n) is 3.27. The van der Waals surface area contributed by atoms with Crippen molar-refractivity contribution in [3.63, 3.8) is 0 Å². The topological polar surface area (TPSA) is 123 Å². The van der Waals surface area contributed by atoms with Gasteiger partial charge in [-0.05, 0) is 54.6 Å². The second-order valence-electron chi connectivity index (χ2n) is 7.25. The molecule has 0 fully saturated rings. The number of halogens is 2. The molecule has 0 bridgehead atoms. The van der Waals surface area contributed by atoms with Crippen LogP contribution in [0.4, 0.5) is 25.8 Å². The highest BCUT2D eigenvalue weighted by atomic mass is 32.2. The smallest absolute Gasteiger partial charge is 0.270 e. The van der Waals surface area contributed by atoms with Crippen molar-refractivity contribution in [3.8, 4) is 0 Å². The average molecular weight is 486 g/mol. The van der Waals surface area contributed by atoms with Crippen molar-refractivity contribution >= 4 is 43.9 Å². The van der Waals surface area contributed by atoms with Crippen LogP contribution in [-0.2, 0) is 21.4 Å². The van der Waals surface area contributed by atoms with Crippen LogP contribution in [-0.4, -0.2) is 23.8 Å². The van der Waals surface area contributed by atoms with Gasteiger partial charge in [0.05, 0.1) is 9.82 Å². The average Bonchev–Trinajstić information content (AvgIpc) is 3.18. The van der Waals surface area contributed by atoms with E-state index in [0.717, 1.165) is 12.1 Å². The second kappa shape index (κ2) is 8.90. The maximum Gasteiger partial charge on any atom is 0.270 e. The lowest BCUT2D eigenvalue weighted by Gasteiger charge is -2.10. The van der Waals surface area contributed by atoms with Crippen LogP contribution in [0.3, 0.4) is 0 Å². The van der Waals surface area contributed by atoms with Gasteiger partial charge >= 0.3 is 0 Å². The van der Waals surface area contributed by atoms with E-state index in [1.54, 1.807) is 22.9 Å². The van der Waals surface area contributed by atoms with Gasteiger partial charge in [0, 0.05) is 40.6 Å². The summed E-state index contributed by atoms with van der Waals surface area (Å²) in [6.45, 7) is -0.0498. The van der Waals surface area contributed by atoms with E-state index in [1.807, 2.05) is 0 Å². The molecule has 4 aromatic rings. The number of hydrogen-bond donors (Lipinski definition) is 2. The number of nitro groups is 1. The molecule has 4 rings (SSSR count). The summed E-state index contributed by atoms with van der Waals surface area (Å²) < 4.78 is 55.0. The number of hydrogen-bond acceptors (Lipinski definition) is 5. The van der Waals surface area contributed by atoms with Gasteiger partial charge in [0.25, 0.3) is 15.7 Å². The van der Waals surface area contributed by atoms with E-state index in [1.165, 1.54) is 36.4 Å². The highest BCUT2D eigenvalue weighted by Crippen LogP contribution is 2.23. The Morgan fingerprint density at radius 1 is 0.941 bits per heavy atom. The first-order chi connectivity index (χ1) is 16.1. The van der Waals surface area contributed by atoms with Crippen molar-refractivity contribution in [2.24, 2.45) is 0 Å². The number of amides is 1. The number of rotatable bonds is 7. The number of aromatic nitrogens is 1. The summed E-state index contributed by atoms with van der Waals surface area (Å²) in [7, 11) is -4.14. The molecular weight excluding hydrogens is 470 g/mol. The summed E-state index contributed by atoms with van der Waals surface area (Å²) >= 11 is 0. The van der Waals surface area contributed by atoms with Gasteiger partial charge in [0.1, 0.15) is 6.54 Å². The number of sulfonamides is 1. The van der Waals surface area contributed by atoms with E-state index in [2.05, 4.69) is 10.0 Å². The summed E-state index contributed by atoms with van der Waals surface area (Å²) in [5, 5.41) is 14.2. The number of carbonyl (C=O) groups is 1. The third kappa shape index (κ3) is 4.86. The lowest BCUT2D eigenvalue weighted by molar-refractivity contribution is -0.384. The van der Waals surface area contributed by atoms with Crippen molar-refractivity contribution in [1.29, 1.82) is 0 Å². The molecule has 34 heavy (non-hydrogen) atoms. The fourth-order valence-corrected chi connectivity index (χ4v) is 4.34. The predicted octanol–water partition coefficient (Wildman–Crippen LogP) is 4.27. The van der Waals surface area contributed by atoms with E-state index in [-0.39, 0.29) is 23.8 Å². The first-order valence-corrected chi connectivity index (χ1v) is 11.2. The normalized spacial score (nSPS) is 11.4. The molecule has 3 aromatic carbocycles. The molecule has 0 aliphatic rings. The predicted molar refractivity (Wildman–Crippen MR) is 121 cm³/mol. The molecule has 0 aliphatic heterocycles. The number of nitrogens with one attached hydrogen (secondary N) is 2. The molecule has 1 heterocycles. The lowest BCUT2D eigenvalue weighted by Crippen LogP contribution is -2.18. The number of nitro benzene ring substituents is 1. The summed E-state index contributed by atoms with van der Waals surface area (Å²) in [6, 6.07) is 14.0. The molecule has 1 amide bonds. The molecule has 2 N–H and O–H groups in total. The number of carbonyl (C=O) groups excluding carboxylic acids is 1. The molecule has 0 radical (unpaired) electrons. The minimum absolute atomic E-state index is 0.0463. The zero-order chi connectivity index (χ0) is 24.5. The minimum Gasteiger partial charge on any atom is -0.338 e. The minimum atomic E-state index is -4.14. The van der Waals surface area contributed by atoms with Crippen LogP contribution >= 0.6 is 0 Å². The Bertz CT molecular complexity index is 1520. The number of fused-ring (bicyclic) bond motifs is 1. The van der Waals surface area contributed by atoms with Crippen molar-refractivity contribution in [3.05, 3.63) is 94.7 Å². The van der Waals surface area contributed by atoms with E-state index in [9.17, 15) is 32.1 Å². The van der Waals surface area contributed by atoms with Crippen molar-refractivity contribution in [1.82, 2.24) is 4.57 Å². The van der Waals surface area contributed by atoms with Crippen LogP contribution in [0.5, 0.6) is 0 Å². The summed E-state index contributed by atoms with van der Waals surface area (Å²) in [5.74, 6) is -2.81. The second-order valence-corrected chi connectivity index (χ2v) is 8.93. The molecule has 0 spiro atoms. The van der Waals surface area contributed by atoms with Crippen LogP contribution in [0.25, 0.3) is 10.9 Å². The van der Waals surface area contributed by atoms with E-state index >= 15 is 0 Å². The zero-order valence-electron chi connectivity index (χ0n) is 17.2. The Balaban J connectivity index is 1.41. The monoisotopic (exact) mass is 486 g/mol. The van der Waals surface area contributed by atoms with Crippen molar-refractivity contribution in [2.45, 2.75) is 11.4 Å². The van der Waals surface area contributed by atoms with Gasteiger partial charge in [0.2, 0.25) is 5.91 Å². The van der Waals surface area contributed by atoms with Gasteiger partial charge in [-0.3, -0.25) is 19.6 Å². The third-order valence-corrected chi connectivity index (χ3v) is 6.28. The Morgan fingerprint density at radius 2 is 1.65 bits per heavy atom. The lowest BCUT2D eigenvalue weighted by atomic mass is 10.2.